The molecule has 1 atom stereocenters. The number of hydrogen-bond donors (Lipinski definition) is 0. The van der Waals surface area contributed by atoms with Crippen LogP contribution in [0, 0.1) is 11.8 Å². The van der Waals surface area contributed by atoms with E-state index in [1.165, 1.54) is 24.9 Å². The lowest BCUT2D eigenvalue weighted by Crippen LogP contribution is -2.41. The van der Waals surface area contributed by atoms with Crippen molar-refractivity contribution in [3.63, 3.8) is 0 Å². The van der Waals surface area contributed by atoms with Crippen LogP contribution in [0.1, 0.15) is 52.9 Å². The van der Waals surface area contributed by atoms with E-state index in [1.807, 2.05) is 17.0 Å². The predicted molar refractivity (Wildman–Crippen MR) is 115 cm³/mol. The van der Waals surface area contributed by atoms with E-state index in [0.29, 0.717) is 18.9 Å². The second-order valence-electron chi connectivity index (χ2n) is 8.69. The molecule has 1 aromatic carbocycles. The SMILES string of the molecule is CC(=O)N(CCC(=O)N1CCCC(C)C1)c1ccc(N2CCC(C)CC2)cc1. The van der Waals surface area contributed by atoms with E-state index in [0.717, 1.165) is 44.2 Å². The van der Waals surface area contributed by atoms with Crippen molar-refractivity contribution in [1.29, 1.82) is 0 Å². The third kappa shape index (κ3) is 5.27. The van der Waals surface area contributed by atoms with Gasteiger partial charge in [-0.1, -0.05) is 13.8 Å². The van der Waals surface area contributed by atoms with Crippen molar-refractivity contribution >= 4 is 23.2 Å². The van der Waals surface area contributed by atoms with Crippen LogP contribution < -0.4 is 9.80 Å². The van der Waals surface area contributed by atoms with Crippen molar-refractivity contribution in [3.05, 3.63) is 24.3 Å². The van der Waals surface area contributed by atoms with Gasteiger partial charge >= 0.3 is 0 Å². The van der Waals surface area contributed by atoms with Gasteiger partial charge in [0.2, 0.25) is 11.8 Å². The standard InChI is InChI=1S/C23H35N3O2/c1-18-10-14-24(15-11-18)21-6-8-22(9-7-21)26(20(3)27)16-12-23(28)25-13-4-5-19(2)17-25/h6-9,18-19H,4-5,10-17H2,1-3H3. The van der Waals surface area contributed by atoms with Crippen LogP contribution in [0.15, 0.2) is 24.3 Å². The molecule has 0 saturated carbocycles. The molecule has 1 unspecified atom stereocenters. The van der Waals surface area contributed by atoms with Gasteiger partial charge in [0, 0.05) is 57.4 Å². The second-order valence-corrected chi connectivity index (χ2v) is 8.69. The van der Waals surface area contributed by atoms with Gasteiger partial charge in [-0.15, -0.1) is 0 Å². The van der Waals surface area contributed by atoms with Crippen molar-refractivity contribution in [1.82, 2.24) is 4.90 Å². The molecule has 28 heavy (non-hydrogen) atoms. The molecule has 3 rings (SSSR count). The smallest absolute Gasteiger partial charge is 0.224 e. The maximum Gasteiger partial charge on any atom is 0.224 e. The number of carbonyl (C=O) groups excluding carboxylic acids is 2. The summed E-state index contributed by atoms with van der Waals surface area (Å²) in [6.07, 6.45) is 5.14. The number of nitrogens with zero attached hydrogens (tertiary/aromatic N) is 3. The summed E-state index contributed by atoms with van der Waals surface area (Å²) in [4.78, 5) is 30.9. The van der Waals surface area contributed by atoms with Gasteiger partial charge in [0.25, 0.3) is 0 Å². The molecule has 0 radical (unpaired) electrons. The average Bonchev–Trinajstić information content (AvgIpc) is 2.69. The quantitative estimate of drug-likeness (QED) is 0.771. The van der Waals surface area contributed by atoms with Crippen molar-refractivity contribution in [2.75, 3.05) is 42.5 Å². The Morgan fingerprint density at radius 3 is 2.29 bits per heavy atom. The van der Waals surface area contributed by atoms with Gasteiger partial charge in [0.15, 0.2) is 0 Å². The Bertz CT molecular complexity index is 665. The molecule has 5 nitrogen and oxygen atoms in total. The van der Waals surface area contributed by atoms with Crippen molar-refractivity contribution in [2.24, 2.45) is 11.8 Å². The maximum absolute atomic E-state index is 12.6. The molecular formula is C23H35N3O2. The fourth-order valence-corrected chi connectivity index (χ4v) is 4.36. The molecule has 2 heterocycles. The van der Waals surface area contributed by atoms with E-state index in [-0.39, 0.29) is 11.8 Å². The van der Waals surface area contributed by atoms with E-state index < -0.39 is 0 Å². The molecule has 0 bridgehead atoms. The number of piperidine rings is 2. The lowest BCUT2D eigenvalue weighted by molar-refractivity contribution is -0.132. The van der Waals surface area contributed by atoms with Crippen molar-refractivity contribution in [2.45, 2.75) is 52.9 Å². The van der Waals surface area contributed by atoms with Crippen molar-refractivity contribution < 1.29 is 9.59 Å². The molecule has 2 aliphatic rings. The minimum atomic E-state index is -0.0145. The van der Waals surface area contributed by atoms with Gasteiger partial charge < -0.3 is 14.7 Å². The largest absolute Gasteiger partial charge is 0.372 e. The summed E-state index contributed by atoms with van der Waals surface area (Å²) in [5.74, 6) is 1.53. The summed E-state index contributed by atoms with van der Waals surface area (Å²) >= 11 is 0. The molecule has 0 N–H and O–H groups in total. The van der Waals surface area contributed by atoms with Crippen LogP contribution in [0.4, 0.5) is 11.4 Å². The van der Waals surface area contributed by atoms with Crippen LogP contribution in [-0.4, -0.2) is 49.4 Å². The zero-order valence-corrected chi connectivity index (χ0v) is 17.7. The Kier molecular flexibility index (Phi) is 6.97. The second kappa shape index (κ2) is 9.44. The zero-order chi connectivity index (χ0) is 20.1. The van der Waals surface area contributed by atoms with Crippen LogP contribution in [0.25, 0.3) is 0 Å². The van der Waals surface area contributed by atoms with Gasteiger partial charge in [-0.3, -0.25) is 9.59 Å². The van der Waals surface area contributed by atoms with E-state index in [2.05, 4.69) is 30.9 Å². The van der Waals surface area contributed by atoms with Crippen LogP contribution >= 0.6 is 0 Å². The summed E-state index contributed by atoms with van der Waals surface area (Å²) in [5, 5.41) is 0. The highest BCUT2D eigenvalue weighted by Crippen LogP contribution is 2.26. The number of anilines is 2. The van der Waals surface area contributed by atoms with E-state index >= 15 is 0 Å². The molecule has 2 aliphatic heterocycles. The summed E-state index contributed by atoms with van der Waals surface area (Å²) in [7, 11) is 0. The van der Waals surface area contributed by atoms with Gasteiger partial charge in [-0.2, -0.15) is 0 Å². The topological polar surface area (TPSA) is 43.9 Å². The number of likely N-dealkylation sites (tertiary alicyclic amines) is 1. The number of hydrogen-bond acceptors (Lipinski definition) is 3. The first-order valence-electron chi connectivity index (χ1n) is 10.8. The Morgan fingerprint density at radius 1 is 1.00 bits per heavy atom. The summed E-state index contributed by atoms with van der Waals surface area (Å²) in [5.41, 5.74) is 2.10. The van der Waals surface area contributed by atoms with Crippen LogP contribution in [0.2, 0.25) is 0 Å². The molecule has 0 spiro atoms. The lowest BCUT2D eigenvalue weighted by atomic mass is 9.99. The van der Waals surface area contributed by atoms with E-state index in [9.17, 15) is 9.59 Å². The van der Waals surface area contributed by atoms with Gasteiger partial charge in [0.1, 0.15) is 0 Å². The highest BCUT2D eigenvalue weighted by molar-refractivity contribution is 5.92. The minimum absolute atomic E-state index is 0.0145. The predicted octanol–water partition coefficient (Wildman–Crippen LogP) is 3.92. The Morgan fingerprint density at radius 2 is 1.68 bits per heavy atom. The number of carbonyl (C=O) groups is 2. The summed E-state index contributed by atoms with van der Waals surface area (Å²) < 4.78 is 0. The Hall–Kier alpha value is -2.04. The third-order valence-electron chi connectivity index (χ3n) is 6.25. The molecule has 1 aromatic rings. The van der Waals surface area contributed by atoms with Gasteiger partial charge in [0.05, 0.1) is 0 Å². The van der Waals surface area contributed by atoms with E-state index in [4.69, 9.17) is 0 Å². The monoisotopic (exact) mass is 385 g/mol. The van der Waals surface area contributed by atoms with Gasteiger partial charge in [-0.25, -0.2) is 0 Å². The molecule has 154 valence electrons. The van der Waals surface area contributed by atoms with Gasteiger partial charge in [-0.05, 0) is 61.8 Å². The molecule has 0 aliphatic carbocycles. The van der Waals surface area contributed by atoms with Crippen LogP contribution in [-0.2, 0) is 9.59 Å². The highest BCUT2D eigenvalue weighted by Gasteiger charge is 2.22. The normalized spacial score (nSPS) is 20.9. The summed E-state index contributed by atoms with van der Waals surface area (Å²) in [6.45, 7) is 10.4. The molecule has 2 saturated heterocycles. The maximum atomic E-state index is 12.6. The Labute approximate surface area is 169 Å². The van der Waals surface area contributed by atoms with Crippen molar-refractivity contribution in [3.8, 4) is 0 Å². The molecule has 2 fully saturated rings. The Balaban J connectivity index is 1.59. The minimum Gasteiger partial charge on any atom is -0.372 e. The number of amides is 2. The third-order valence-corrected chi connectivity index (χ3v) is 6.25. The summed E-state index contributed by atoms with van der Waals surface area (Å²) in [6, 6.07) is 8.25. The average molecular weight is 386 g/mol. The molecule has 0 aromatic heterocycles. The fraction of sp³-hybridized carbons (Fsp3) is 0.652. The highest BCUT2D eigenvalue weighted by atomic mass is 16.2. The molecular weight excluding hydrogens is 350 g/mol. The van der Waals surface area contributed by atoms with Crippen LogP contribution in [0.5, 0.6) is 0 Å². The zero-order valence-electron chi connectivity index (χ0n) is 17.7. The first-order valence-corrected chi connectivity index (χ1v) is 10.8. The number of rotatable bonds is 5. The fourth-order valence-electron chi connectivity index (χ4n) is 4.36. The first-order chi connectivity index (χ1) is 13.4. The van der Waals surface area contributed by atoms with E-state index in [1.54, 1.807) is 11.8 Å². The van der Waals surface area contributed by atoms with Crippen LogP contribution in [0.3, 0.4) is 0 Å². The number of benzene rings is 1. The lowest BCUT2D eigenvalue weighted by Gasteiger charge is -2.33. The molecule has 2 amide bonds. The molecule has 5 heteroatoms. The first kappa shape index (κ1) is 20.7.